The lowest BCUT2D eigenvalue weighted by Gasteiger charge is -2.10. The second-order valence-electron chi connectivity index (χ2n) is 4.09. The van der Waals surface area contributed by atoms with E-state index >= 15 is 0 Å². The molecule has 2 N–H and O–H groups in total. The molecule has 0 aliphatic carbocycles. The summed E-state index contributed by atoms with van der Waals surface area (Å²) in [4.78, 5) is 0. The van der Waals surface area contributed by atoms with Gasteiger partial charge in [0.05, 0.1) is 18.0 Å². The molecule has 0 radical (unpaired) electrons. The van der Waals surface area contributed by atoms with E-state index in [9.17, 15) is 8.42 Å². The van der Waals surface area contributed by atoms with Crippen LogP contribution in [0.5, 0.6) is 5.75 Å². The standard InChI is InChI=1S/C13H22N2O3S/c1-3-14-9-6-10-19(16,17)15-12-7-5-8-13(11-12)18-4-2/h5,7-8,11,14-15H,3-4,6,9-10H2,1-2H3. The van der Waals surface area contributed by atoms with Gasteiger partial charge in [-0.15, -0.1) is 0 Å². The van der Waals surface area contributed by atoms with Crippen LogP contribution in [0.2, 0.25) is 0 Å². The lowest BCUT2D eigenvalue weighted by Crippen LogP contribution is -2.21. The summed E-state index contributed by atoms with van der Waals surface area (Å²) in [5, 5.41) is 3.10. The second kappa shape index (κ2) is 8.01. The normalized spacial score (nSPS) is 11.3. The summed E-state index contributed by atoms with van der Waals surface area (Å²) in [6, 6.07) is 6.96. The van der Waals surface area contributed by atoms with Gasteiger partial charge >= 0.3 is 0 Å². The molecule has 1 aromatic rings. The van der Waals surface area contributed by atoms with Crippen molar-refractivity contribution in [3.8, 4) is 5.75 Å². The van der Waals surface area contributed by atoms with Gasteiger partial charge in [0.25, 0.3) is 0 Å². The summed E-state index contributed by atoms with van der Waals surface area (Å²) in [6.45, 7) is 5.99. The predicted molar refractivity (Wildman–Crippen MR) is 78.2 cm³/mol. The average Bonchev–Trinajstić information content (AvgIpc) is 2.35. The number of ether oxygens (including phenoxy) is 1. The van der Waals surface area contributed by atoms with Gasteiger partial charge in [-0.2, -0.15) is 0 Å². The summed E-state index contributed by atoms with van der Waals surface area (Å²) in [7, 11) is -3.29. The molecule has 0 aliphatic rings. The zero-order chi connectivity index (χ0) is 14.1. The van der Waals surface area contributed by atoms with Gasteiger partial charge in [0.2, 0.25) is 10.0 Å². The fourth-order valence-electron chi connectivity index (χ4n) is 1.61. The number of sulfonamides is 1. The minimum Gasteiger partial charge on any atom is -0.494 e. The molecule has 0 aromatic heterocycles. The highest BCUT2D eigenvalue weighted by Gasteiger charge is 2.10. The fraction of sp³-hybridized carbons (Fsp3) is 0.538. The third kappa shape index (κ3) is 6.45. The maximum atomic E-state index is 11.9. The molecule has 0 saturated heterocycles. The predicted octanol–water partition coefficient (Wildman–Crippen LogP) is 1.83. The van der Waals surface area contributed by atoms with Crippen LogP contribution in [0, 0.1) is 0 Å². The molecule has 108 valence electrons. The topological polar surface area (TPSA) is 67.4 Å². The Morgan fingerprint density at radius 1 is 1.26 bits per heavy atom. The van der Waals surface area contributed by atoms with E-state index in [1.165, 1.54) is 0 Å². The van der Waals surface area contributed by atoms with Crippen molar-refractivity contribution in [1.82, 2.24) is 5.32 Å². The van der Waals surface area contributed by atoms with E-state index in [4.69, 9.17) is 4.74 Å². The van der Waals surface area contributed by atoms with Crippen LogP contribution in [0.3, 0.4) is 0 Å². The van der Waals surface area contributed by atoms with Gasteiger partial charge in [0, 0.05) is 6.07 Å². The highest BCUT2D eigenvalue weighted by molar-refractivity contribution is 7.92. The van der Waals surface area contributed by atoms with Crippen molar-refractivity contribution in [2.24, 2.45) is 0 Å². The van der Waals surface area contributed by atoms with Crippen LogP contribution < -0.4 is 14.8 Å². The van der Waals surface area contributed by atoms with Gasteiger partial charge in [-0.25, -0.2) is 8.42 Å². The highest BCUT2D eigenvalue weighted by atomic mass is 32.2. The molecule has 0 fully saturated rings. The second-order valence-corrected chi connectivity index (χ2v) is 5.93. The van der Waals surface area contributed by atoms with Gasteiger partial charge in [-0.3, -0.25) is 4.72 Å². The summed E-state index contributed by atoms with van der Waals surface area (Å²) >= 11 is 0. The molecule has 0 aliphatic heterocycles. The first-order chi connectivity index (χ1) is 9.07. The van der Waals surface area contributed by atoms with Crippen LogP contribution in [-0.4, -0.2) is 33.9 Å². The maximum absolute atomic E-state index is 11.9. The SMILES string of the molecule is CCNCCCS(=O)(=O)Nc1cccc(OCC)c1. The van der Waals surface area contributed by atoms with E-state index in [0.717, 1.165) is 6.54 Å². The van der Waals surface area contributed by atoms with Crippen LogP contribution >= 0.6 is 0 Å². The molecule has 0 spiro atoms. The molecule has 0 atom stereocenters. The summed E-state index contributed by atoms with van der Waals surface area (Å²) in [6.07, 6.45) is 0.592. The molecule has 5 nitrogen and oxygen atoms in total. The first kappa shape index (κ1) is 15.8. The molecule has 0 heterocycles. The molecular weight excluding hydrogens is 264 g/mol. The van der Waals surface area contributed by atoms with Crippen LogP contribution in [0.15, 0.2) is 24.3 Å². The Labute approximate surface area is 115 Å². The average molecular weight is 286 g/mol. The van der Waals surface area contributed by atoms with Crippen molar-refractivity contribution in [1.29, 1.82) is 0 Å². The van der Waals surface area contributed by atoms with Crippen molar-refractivity contribution in [3.63, 3.8) is 0 Å². The van der Waals surface area contributed by atoms with Crippen LogP contribution in [0.25, 0.3) is 0 Å². The molecule has 1 aromatic carbocycles. The first-order valence-electron chi connectivity index (χ1n) is 6.51. The lowest BCUT2D eigenvalue weighted by atomic mass is 10.3. The number of benzene rings is 1. The highest BCUT2D eigenvalue weighted by Crippen LogP contribution is 2.18. The lowest BCUT2D eigenvalue weighted by molar-refractivity contribution is 0.340. The van der Waals surface area contributed by atoms with Crippen molar-refractivity contribution in [3.05, 3.63) is 24.3 Å². The Morgan fingerprint density at radius 3 is 2.74 bits per heavy atom. The third-order valence-electron chi connectivity index (χ3n) is 2.44. The van der Waals surface area contributed by atoms with E-state index in [0.29, 0.717) is 31.0 Å². The molecule has 0 bridgehead atoms. The third-order valence-corrected chi connectivity index (χ3v) is 3.81. The van der Waals surface area contributed by atoms with Crippen molar-refractivity contribution < 1.29 is 13.2 Å². The monoisotopic (exact) mass is 286 g/mol. The quantitative estimate of drug-likeness (QED) is 0.680. The van der Waals surface area contributed by atoms with Gasteiger partial charge in [-0.1, -0.05) is 13.0 Å². The van der Waals surface area contributed by atoms with Crippen molar-refractivity contribution in [2.75, 3.05) is 30.2 Å². The Balaban J connectivity index is 2.54. The van der Waals surface area contributed by atoms with E-state index in [-0.39, 0.29) is 5.75 Å². The number of rotatable bonds is 9. The van der Waals surface area contributed by atoms with Crippen molar-refractivity contribution in [2.45, 2.75) is 20.3 Å². The summed E-state index contributed by atoms with van der Waals surface area (Å²) in [5.74, 6) is 0.772. The maximum Gasteiger partial charge on any atom is 0.232 e. The fourth-order valence-corrected chi connectivity index (χ4v) is 2.72. The molecule has 0 saturated carbocycles. The minimum atomic E-state index is -3.29. The zero-order valence-electron chi connectivity index (χ0n) is 11.5. The minimum absolute atomic E-state index is 0.110. The summed E-state index contributed by atoms with van der Waals surface area (Å²) < 4.78 is 31.6. The van der Waals surface area contributed by atoms with Gasteiger partial charge in [0.15, 0.2) is 0 Å². The number of hydrogen-bond acceptors (Lipinski definition) is 4. The Hall–Kier alpha value is -1.27. The largest absolute Gasteiger partial charge is 0.494 e. The van der Waals surface area contributed by atoms with Crippen molar-refractivity contribution >= 4 is 15.7 Å². The molecular formula is C13H22N2O3S. The molecule has 19 heavy (non-hydrogen) atoms. The Morgan fingerprint density at radius 2 is 2.05 bits per heavy atom. The van der Waals surface area contributed by atoms with Crippen LogP contribution in [0.1, 0.15) is 20.3 Å². The smallest absolute Gasteiger partial charge is 0.232 e. The molecule has 0 amide bonds. The van der Waals surface area contributed by atoms with Gasteiger partial charge in [-0.05, 0) is 38.6 Å². The Kier molecular flexibility index (Phi) is 6.66. The van der Waals surface area contributed by atoms with E-state index in [1.807, 2.05) is 13.8 Å². The van der Waals surface area contributed by atoms with E-state index in [2.05, 4.69) is 10.0 Å². The summed E-state index contributed by atoms with van der Waals surface area (Å²) in [5.41, 5.74) is 0.536. The first-order valence-corrected chi connectivity index (χ1v) is 8.16. The van der Waals surface area contributed by atoms with Crippen LogP contribution in [0.4, 0.5) is 5.69 Å². The number of hydrogen-bond donors (Lipinski definition) is 2. The van der Waals surface area contributed by atoms with Crippen LogP contribution in [-0.2, 0) is 10.0 Å². The molecule has 6 heteroatoms. The van der Waals surface area contributed by atoms with Gasteiger partial charge < -0.3 is 10.1 Å². The number of anilines is 1. The molecule has 1 rings (SSSR count). The van der Waals surface area contributed by atoms with E-state index in [1.54, 1.807) is 24.3 Å². The Bertz CT molecular complexity index is 475. The zero-order valence-corrected chi connectivity index (χ0v) is 12.3. The van der Waals surface area contributed by atoms with Gasteiger partial charge in [0.1, 0.15) is 5.75 Å². The van der Waals surface area contributed by atoms with E-state index < -0.39 is 10.0 Å². The number of nitrogens with one attached hydrogen (secondary N) is 2. The molecule has 0 unspecified atom stereocenters.